The summed E-state index contributed by atoms with van der Waals surface area (Å²) < 4.78 is 25.1. The molecule has 1 fully saturated rings. The Morgan fingerprint density at radius 2 is 2.00 bits per heavy atom. The van der Waals surface area contributed by atoms with Gasteiger partial charge >= 0.3 is 0 Å². The summed E-state index contributed by atoms with van der Waals surface area (Å²) >= 11 is 1.63. The number of nitrogens with zero attached hydrogens (tertiary/aromatic N) is 3. The smallest absolute Gasteiger partial charge is 0.300 e. The molecule has 0 saturated carbocycles. The van der Waals surface area contributed by atoms with Crippen LogP contribution in [0.1, 0.15) is 31.2 Å². The second-order valence-corrected chi connectivity index (χ2v) is 9.89. The van der Waals surface area contributed by atoms with Gasteiger partial charge in [0.15, 0.2) is 15.0 Å². The van der Waals surface area contributed by atoms with Crippen LogP contribution in [0.15, 0.2) is 35.5 Å². The molecule has 1 aliphatic rings. The second-order valence-electron chi connectivity index (χ2n) is 6.60. The van der Waals surface area contributed by atoms with Crippen LogP contribution >= 0.6 is 11.8 Å². The molecule has 0 amide bonds. The van der Waals surface area contributed by atoms with E-state index in [2.05, 4.69) is 22.3 Å². The number of thioether (sulfide) groups is 1. The average molecular weight is 427 g/mol. The molecule has 0 aliphatic carbocycles. The first-order valence-electron chi connectivity index (χ1n) is 8.99. The number of carboxylic acids is 1. The lowest BCUT2D eigenvalue weighted by Crippen LogP contribution is -2.11. The molecule has 0 radical (unpaired) electrons. The Balaban J connectivity index is 0.000000640. The minimum atomic E-state index is -2.80. The number of rotatable bonds is 7. The zero-order chi connectivity index (χ0) is 20.6. The van der Waals surface area contributed by atoms with Gasteiger partial charge in [0.1, 0.15) is 5.82 Å². The summed E-state index contributed by atoms with van der Waals surface area (Å²) in [5.41, 5.74) is 6.95. The first kappa shape index (κ1) is 22.4. The van der Waals surface area contributed by atoms with E-state index in [0.717, 1.165) is 36.5 Å². The molecule has 28 heavy (non-hydrogen) atoms. The van der Waals surface area contributed by atoms with Crippen molar-refractivity contribution in [2.45, 2.75) is 38.0 Å². The lowest BCUT2D eigenvalue weighted by Gasteiger charge is -2.10. The van der Waals surface area contributed by atoms with Crippen molar-refractivity contribution < 1.29 is 18.3 Å². The first-order chi connectivity index (χ1) is 13.3. The Morgan fingerprint density at radius 1 is 1.32 bits per heavy atom. The fraction of sp³-hybridized carbons (Fsp3) is 0.500. The summed E-state index contributed by atoms with van der Waals surface area (Å²) in [5.74, 6) is 1.73. The molecule has 1 aliphatic heterocycles. The van der Waals surface area contributed by atoms with Gasteiger partial charge in [-0.1, -0.05) is 42.1 Å². The van der Waals surface area contributed by atoms with E-state index < -0.39 is 15.8 Å². The second kappa shape index (κ2) is 10.6. The number of aromatic nitrogens is 3. The van der Waals surface area contributed by atoms with Crippen molar-refractivity contribution >= 4 is 27.6 Å². The minimum Gasteiger partial charge on any atom is -0.481 e. The van der Waals surface area contributed by atoms with Gasteiger partial charge in [0.2, 0.25) is 0 Å². The molecule has 1 saturated heterocycles. The van der Waals surface area contributed by atoms with E-state index in [1.54, 1.807) is 11.8 Å². The van der Waals surface area contributed by atoms with E-state index in [9.17, 15) is 8.42 Å². The van der Waals surface area contributed by atoms with Crippen LogP contribution in [0.25, 0.3) is 0 Å². The van der Waals surface area contributed by atoms with E-state index in [1.807, 2.05) is 22.8 Å². The van der Waals surface area contributed by atoms with Crippen LogP contribution in [0.3, 0.4) is 0 Å². The Morgan fingerprint density at radius 3 is 2.57 bits per heavy atom. The summed E-state index contributed by atoms with van der Waals surface area (Å²) in [6, 6.07) is 10.1. The standard InChI is InChI=1S/C16H22N4O2S2.C2H4O2/c17-10-15-18-19-16(20(15)11-13-4-2-1-3-5-13)23-8-6-14-7-9-24(21,22)12-14;1-2(3)4/h1-5,14H,6-12,17H2;1H3,(H,3,4). The van der Waals surface area contributed by atoms with Gasteiger partial charge in [-0.25, -0.2) is 8.42 Å². The number of aliphatic carboxylic acids is 1. The monoisotopic (exact) mass is 426 g/mol. The maximum atomic E-state index is 11.5. The lowest BCUT2D eigenvalue weighted by atomic mass is 10.1. The van der Waals surface area contributed by atoms with Gasteiger partial charge in [-0.2, -0.15) is 0 Å². The molecule has 1 unspecified atom stereocenters. The maximum Gasteiger partial charge on any atom is 0.300 e. The highest BCUT2D eigenvalue weighted by Crippen LogP contribution is 2.26. The quantitative estimate of drug-likeness (QED) is 0.641. The van der Waals surface area contributed by atoms with Crippen molar-refractivity contribution in [3.05, 3.63) is 41.7 Å². The molecule has 154 valence electrons. The van der Waals surface area contributed by atoms with Crippen molar-refractivity contribution in [2.75, 3.05) is 17.3 Å². The van der Waals surface area contributed by atoms with Crippen molar-refractivity contribution in [3.8, 4) is 0 Å². The normalized spacial score (nSPS) is 17.7. The van der Waals surface area contributed by atoms with Gasteiger partial charge < -0.3 is 15.4 Å². The zero-order valence-corrected chi connectivity index (χ0v) is 17.5. The molecule has 2 aromatic rings. The van der Waals surface area contributed by atoms with Gasteiger partial charge in [0.05, 0.1) is 24.6 Å². The summed E-state index contributed by atoms with van der Waals surface area (Å²) in [6.07, 6.45) is 1.67. The number of sulfone groups is 1. The Labute approximate surface area is 169 Å². The molecule has 1 aromatic heterocycles. The van der Waals surface area contributed by atoms with E-state index in [0.29, 0.717) is 24.6 Å². The molecule has 3 N–H and O–H groups in total. The summed E-state index contributed by atoms with van der Waals surface area (Å²) in [5, 5.41) is 16.7. The van der Waals surface area contributed by atoms with Gasteiger partial charge in [-0.05, 0) is 24.3 Å². The SMILES string of the molecule is CC(=O)O.NCc1nnc(SCCC2CCS(=O)(=O)C2)n1Cc1ccccc1. The van der Waals surface area contributed by atoms with Crippen molar-refractivity contribution in [3.63, 3.8) is 0 Å². The Hall–Kier alpha value is -1.91. The van der Waals surface area contributed by atoms with Gasteiger partial charge in [0.25, 0.3) is 5.97 Å². The third-order valence-electron chi connectivity index (χ3n) is 4.24. The van der Waals surface area contributed by atoms with Crippen LogP contribution in [0, 0.1) is 5.92 Å². The summed E-state index contributed by atoms with van der Waals surface area (Å²) in [4.78, 5) is 9.00. The van der Waals surface area contributed by atoms with Crippen LogP contribution in [-0.4, -0.2) is 51.5 Å². The highest BCUT2D eigenvalue weighted by molar-refractivity contribution is 7.99. The first-order valence-corrected chi connectivity index (χ1v) is 11.8. The van der Waals surface area contributed by atoms with E-state index in [-0.39, 0.29) is 5.92 Å². The average Bonchev–Trinajstić information content (AvgIpc) is 3.18. The number of carbonyl (C=O) groups is 1. The molecular formula is C18H26N4O4S2. The van der Waals surface area contributed by atoms with Gasteiger partial charge in [-0.15, -0.1) is 10.2 Å². The predicted octanol–water partition coefficient (Wildman–Crippen LogP) is 1.79. The maximum absolute atomic E-state index is 11.5. The van der Waals surface area contributed by atoms with E-state index in [4.69, 9.17) is 15.6 Å². The third-order valence-corrected chi connectivity index (χ3v) is 7.08. The van der Waals surface area contributed by atoms with Crippen LogP contribution in [-0.2, 0) is 27.7 Å². The number of hydrogen-bond donors (Lipinski definition) is 2. The lowest BCUT2D eigenvalue weighted by molar-refractivity contribution is -0.134. The molecular weight excluding hydrogens is 400 g/mol. The largest absolute Gasteiger partial charge is 0.481 e. The van der Waals surface area contributed by atoms with Crippen LogP contribution < -0.4 is 5.73 Å². The van der Waals surface area contributed by atoms with Crippen molar-refractivity contribution in [2.24, 2.45) is 11.7 Å². The summed E-state index contributed by atoms with van der Waals surface area (Å²) in [7, 11) is -2.80. The zero-order valence-electron chi connectivity index (χ0n) is 15.8. The third kappa shape index (κ3) is 7.25. The Bertz CT molecular complexity index is 865. The van der Waals surface area contributed by atoms with Crippen LogP contribution in [0.4, 0.5) is 0 Å². The molecule has 8 nitrogen and oxygen atoms in total. The van der Waals surface area contributed by atoms with E-state index >= 15 is 0 Å². The van der Waals surface area contributed by atoms with Gasteiger partial charge in [0, 0.05) is 12.7 Å². The molecule has 2 heterocycles. The molecule has 1 atom stereocenters. The van der Waals surface area contributed by atoms with Crippen LogP contribution in [0.5, 0.6) is 0 Å². The predicted molar refractivity (Wildman–Crippen MR) is 109 cm³/mol. The van der Waals surface area contributed by atoms with Crippen molar-refractivity contribution in [1.29, 1.82) is 0 Å². The minimum absolute atomic E-state index is 0.280. The molecule has 0 spiro atoms. The Kier molecular flexibility index (Phi) is 8.46. The molecule has 3 rings (SSSR count). The fourth-order valence-corrected chi connectivity index (χ4v) is 5.89. The fourth-order valence-electron chi connectivity index (χ4n) is 2.92. The van der Waals surface area contributed by atoms with Crippen molar-refractivity contribution in [1.82, 2.24) is 14.8 Å². The number of carboxylic acid groups (broad SMARTS) is 1. The molecule has 10 heteroatoms. The number of nitrogens with two attached hydrogens (primary N) is 1. The number of benzene rings is 1. The summed E-state index contributed by atoms with van der Waals surface area (Å²) in [6.45, 7) is 2.13. The highest BCUT2D eigenvalue weighted by atomic mass is 32.2. The molecule has 0 bridgehead atoms. The topological polar surface area (TPSA) is 128 Å². The highest BCUT2D eigenvalue weighted by Gasteiger charge is 2.27. The van der Waals surface area contributed by atoms with Gasteiger partial charge in [-0.3, -0.25) is 4.79 Å². The molecule has 1 aromatic carbocycles. The van der Waals surface area contributed by atoms with Crippen LogP contribution in [0.2, 0.25) is 0 Å². The number of hydrogen-bond acceptors (Lipinski definition) is 7. The van der Waals surface area contributed by atoms with E-state index in [1.165, 1.54) is 5.56 Å².